The number of benzene rings is 1. The molecule has 1 aromatic heterocycles. The van der Waals surface area contributed by atoms with Crippen LogP contribution in [0.3, 0.4) is 0 Å². The van der Waals surface area contributed by atoms with Crippen molar-refractivity contribution in [1.82, 2.24) is 9.71 Å². The molecule has 6 heteroatoms. The van der Waals surface area contributed by atoms with Gasteiger partial charge in [0.05, 0.1) is 4.90 Å². The van der Waals surface area contributed by atoms with Gasteiger partial charge in [-0.05, 0) is 32.4 Å². The monoisotopic (exact) mass is 312 g/mol. The number of rotatable bonds is 5. The first-order valence-corrected chi connectivity index (χ1v) is 8.30. The predicted molar refractivity (Wildman–Crippen MR) is 81.5 cm³/mol. The molecule has 1 heterocycles. The van der Waals surface area contributed by atoms with E-state index in [1.165, 1.54) is 0 Å². The van der Waals surface area contributed by atoms with Crippen LogP contribution in [0, 0.1) is 0 Å². The molecule has 0 fully saturated rings. The van der Waals surface area contributed by atoms with Crippen molar-refractivity contribution >= 4 is 32.4 Å². The fourth-order valence-corrected chi connectivity index (χ4v) is 4.18. The van der Waals surface area contributed by atoms with Gasteiger partial charge < -0.3 is 0 Å². The number of hydrogen-bond donors (Lipinski definition) is 1. The van der Waals surface area contributed by atoms with Crippen LogP contribution in [0.1, 0.15) is 20.3 Å². The van der Waals surface area contributed by atoms with Crippen molar-refractivity contribution < 1.29 is 8.42 Å². The van der Waals surface area contributed by atoms with Crippen LogP contribution in [0.5, 0.6) is 0 Å². The molecule has 1 N–H and O–H groups in total. The van der Waals surface area contributed by atoms with Crippen LogP contribution in [-0.2, 0) is 10.0 Å². The highest BCUT2D eigenvalue weighted by atomic mass is 35.5. The minimum atomic E-state index is -3.60. The Labute approximate surface area is 124 Å². The molecular weight excluding hydrogens is 296 g/mol. The molecule has 2 aromatic rings. The van der Waals surface area contributed by atoms with Gasteiger partial charge in [-0.3, -0.25) is 4.98 Å². The van der Waals surface area contributed by atoms with Crippen LogP contribution >= 0.6 is 11.6 Å². The summed E-state index contributed by atoms with van der Waals surface area (Å²) < 4.78 is 27.8. The molecule has 0 bridgehead atoms. The fraction of sp³-hybridized carbons (Fsp3) is 0.357. The molecule has 0 aliphatic carbocycles. The minimum absolute atomic E-state index is 0.264. The Balaban J connectivity index is 2.47. The van der Waals surface area contributed by atoms with E-state index in [4.69, 9.17) is 11.6 Å². The lowest BCUT2D eigenvalue weighted by molar-refractivity contribution is 0.442. The van der Waals surface area contributed by atoms with Gasteiger partial charge >= 0.3 is 0 Å². The Kier molecular flexibility index (Phi) is 4.32. The normalized spacial score (nSPS) is 12.8. The van der Waals surface area contributed by atoms with Gasteiger partial charge in [0.15, 0.2) is 0 Å². The van der Waals surface area contributed by atoms with Gasteiger partial charge in [0, 0.05) is 34.6 Å². The van der Waals surface area contributed by atoms with E-state index in [0.717, 1.165) is 5.39 Å². The number of fused-ring (bicyclic) bond motifs is 1. The van der Waals surface area contributed by atoms with E-state index in [2.05, 4.69) is 9.71 Å². The third kappa shape index (κ3) is 3.29. The SMILES string of the molecule is CC(C)(CCCl)NS(=O)(=O)c1cccc2cnccc12. The lowest BCUT2D eigenvalue weighted by Gasteiger charge is -2.25. The smallest absolute Gasteiger partial charge is 0.241 e. The summed E-state index contributed by atoms with van der Waals surface area (Å²) in [5.74, 6) is 0.398. The van der Waals surface area contributed by atoms with Crippen LogP contribution in [0.4, 0.5) is 0 Å². The lowest BCUT2D eigenvalue weighted by atomic mass is 10.0. The first-order valence-electron chi connectivity index (χ1n) is 6.28. The van der Waals surface area contributed by atoms with Crippen molar-refractivity contribution in [3.05, 3.63) is 36.7 Å². The molecule has 0 unspecified atom stereocenters. The van der Waals surface area contributed by atoms with Gasteiger partial charge in [-0.25, -0.2) is 13.1 Å². The highest BCUT2D eigenvalue weighted by Crippen LogP contribution is 2.23. The van der Waals surface area contributed by atoms with Gasteiger partial charge in [-0.1, -0.05) is 12.1 Å². The van der Waals surface area contributed by atoms with E-state index in [1.807, 2.05) is 19.9 Å². The second-order valence-corrected chi connectivity index (χ2v) is 7.31. The van der Waals surface area contributed by atoms with E-state index in [0.29, 0.717) is 17.7 Å². The van der Waals surface area contributed by atoms with E-state index < -0.39 is 15.6 Å². The highest BCUT2D eigenvalue weighted by molar-refractivity contribution is 7.89. The first-order chi connectivity index (χ1) is 9.36. The number of pyridine rings is 1. The van der Waals surface area contributed by atoms with Crippen molar-refractivity contribution in [2.75, 3.05) is 5.88 Å². The van der Waals surface area contributed by atoms with Crippen LogP contribution in [0.2, 0.25) is 0 Å². The van der Waals surface area contributed by atoms with Gasteiger partial charge in [-0.15, -0.1) is 11.6 Å². The molecule has 0 amide bonds. The van der Waals surface area contributed by atoms with Crippen LogP contribution < -0.4 is 4.72 Å². The summed E-state index contributed by atoms with van der Waals surface area (Å²) in [5.41, 5.74) is -0.588. The molecule has 0 radical (unpaired) electrons. The molecular formula is C14H17ClN2O2S. The van der Waals surface area contributed by atoms with Gasteiger partial charge in [0.1, 0.15) is 0 Å². The third-order valence-corrected chi connectivity index (χ3v) is 5.01. The maximum Gasteiger partial charge on any atom is 0.241 e. The molecule has 0 spiro atoms. The Bertz CT molecular complexity index is 709. The number of nitrogens with zero attached hydrogens (tertiary/aromatic N) is 1. The second-order valence-electron chi connectivity index (χ2n) is 5.28. The fourth-order valence-electron chi connectivity index (χ4n) is 2.03. The zero-order valence-electron chi connectivity index (χ0n) is 11.4. The van der Waals surface area contributed by atoms with Gasteiger partial charge in [0.2, 0.25) is 10.0 Å². The van der Waals surface area contributed by atoms with Crippen molar-refractivity contribution in [1.29, 1.82) is 0 Å². The maximum atomic E-state index is 12.6. The summed E-state index contributed by atoms with van der Waals surface area (Å²) >= 11 is 5.71. The molecule has 0 aliphatic rings. The summed E-state index contributed by atoms with van der Waals surface area (Å²) in [5, 5.41) is 1.46. The molecule has 0 saturated carbocycles. The summed E-state index contributed by atoms with van der Waals surface area (Å²) in [6, 6.07) is 6.86. The van der Waals surface area contributed by atoms with E-state index in [1.54, 1.807) is 30.6 Å². The Hall–Kier alpha value is -1.17. The van der Waals surface area contributed by atoms with Gasteiger partial charge in [0.25, 0.3) is 0 Å². The lowest BCUT2D eigenvalue weighted by Crippen LogP contribution is -2.43. The first kappa shape index (κ1) is 15.2. The molecule has 20 heavy (non-hydrogen) atoms. The van der Waals surface area contributed by atoms with Crippen LogP contribution in [0.25, 0.3) is 10.8 Å². The van der Waals surface area contributed by atoms with Crippen LogP contribution in [0.15, 0.2) is 41.6 Å². The second kappa shape index (κ2) is 5.68. The van der Waals surface area contributed by atoms with Gasteiger partial charge in [-0.2, -0.15) is 0 Å². The zero-order chi connectivity index (χ0) is 14.8. The minimum Gasteiger partial charge on any atom is -0.264 e. The number of nitrogens with one attached hydrogen (secondary N) is 1. The average molecular weight is 313 g/mol. The Morgan fingerprint density at radius 1 is 1.30 bits per heavy atom. The predicted octanol–water partition coefficient (Wildman–Crippen LogP) is 2.92. The topological polar surface area (TPSA) is 59.1 Å². The Morgan fingerprint density at radius 2 is 2.05 bits per heavy atom. The Morgan fingerprint density at radius 3 is 2.75 bits per heavy atom. The van der Waals surface area contributed by atoms with Crippen molar-refractivity contribution in [3.8, 4) is 0 Å². The maximum absolute atomic E-state index is 12.6. The zero-order valence-corrected chi connectivity index (χ0v) is 13.0. The number of halogens is 1. The molecule has 0 saturated heterocycles. The van der Waals surface area contributed by atoms with E-state index in [9.17, 15) is 8.42 Å². The quantitative estimate of drug-likeness (QED) is 0.864. The number of hydrogen-bond acceptors (Lipinski definition) is 3. The number of aromatic nitrogens is 1. The summed E-state index contributed by atoms with van der Waals surface area (Å²) in [7, 11) is -3.60. The molecule has 1 aromatic carbocycles. The summed E-state index contributed by atoms with van der Waals surface area (Å²) in [6.07, 6.45) is 3.80. The molecule has 2 rings (SSSR count). The molecule has 4 nitrogen and oxygen atoms in total. The largest absolute Gasteiger partial charge is 0.264 e. The molecule has 0 atom stereocenters. The molecule has 108 valence electrons. The summed E-state index contributed by atoms with van der Waals surface area (Å²) in [6.45, 7) is 3.64. The number of alkyl halides is 1. The number of sulfonamides is 1. The van der Waals surface area contributed by atoms with Crippen molar-refractivity contribution in [3.63, 3.8) is 0 Å². The van der Waals surface area contributed by atoms with E-state index in [-0.39, 0.29) is 4.90 Å². The standard InChI is InChI=1S/C14H17ClN2O2S/c1-14(2,7-8-15)17-20(18,19)13-5-3-4-11-10-16-9-6-12(11)13/h3-6,9-10,17H,7-8H2,1-2H3. The van der Waals surface area contributed by atoms with Crippen molar-refractivity contribution in [2.24, 2.45) is 0 Å². The third-order valence-electron chi connectivity index (χ3n) is 3.06. The van der Waals surface area contributed by atoms with Crippen LogP contribution in [-0.4, -0.2) is 24.8 Å². The molecule has 0 aliphatic heterocycles. The summed E-state index contributed by atoms with van der Waals surface area (Å²) in [4.78, 5) is 4.27. The van der Waals surface area contributed by atoms with Crippen molar-refractivity contribution in [2.45, 2.75) is 30.7 Å². The average Bonchev–Trinajstić information content (AvgIpc) is 2.36. The van der Waals surface area contributed by atoms with E-state index >= 15 is 0 Å². The highest BCUT2D eigenvalue weighted by Gasteiger charge is 2.26.